The molecule has 3 aromatic rings. The monoisotopic (exact) mass is 320 g/mol. The topological polar surface area (TPSA) is 55.1 Å². The summed E-state index contributed by atoms with van der Waals surface area (Å²) in [5.74, 6) is 1.02. The van der Waals surface area contributed by atoms with Crippen molar-refractivity contribution in [1.29, 1.82) is 0 Å². The van der Waals surface area contributed by atoms with Gasteiger partial charge in [-0.25, -0.2) is 4.98 Å². The fraction of sp³-hybridized carbons (Fsp3) is 0.200. The number of rotatable bonds is 5. The zero-order valence-corrected chi connectivity index (χ0v) is 13.8. The molecule has 3 rings (SSSR count). The van der Waals surface area contributed by atoms with Gasteiger partial charge in [0.15, 0.2) is 5.76 Å². The Bertz CT molecular complexity index is 824. The van der Waals surface area contributed by atoms with Gasteiger partial charge in [0.1, 0.15) is 0 Å². The normalized spacial score (nSPS) is 11.9. The Kier molecular flexibility index (Phi) is 4.75. The van der Waals surface area contributed by atoms with Crippen molar-refractivity contribution in [2.75, 3.05) is 0 Å². The molecular weight excluding hydrogens is 300 g/mol. The summed E-state index contributed by atoms with van der Waals surface area (Å²) in [7, 11) is 0. The van der Waals surface area contributed by atoms with Gasteiger partial charge in [-0.2, -0.15) is 0 Å². The zero-order valence-electron chi connectivity index (χ0n) is 13.8. The molecule has 0 aliphatic heterocycles. The van der Waals surface area contributed by atoms with Crippen LogP contribution >= 0.6 is 0 Å². The van der Waals surface area contributed by atoms with Gasteiger partial charge in [0, 0.05) is 17.2 Å². The summed E-state index contributed by atoms with van der Waals surface area (Å²) in [4.78, 5) is 16.9. The molecule has 0 aliphatic rings. The minimum absolute atomic E-state index is 0.112. The third kappa shape index (κ3) is 3.38. The van der Waals surface area contributed by atoms with Gasteiger partial charge in [0.2, 0.25) is 5.89 Å². The van der Waals surface area contributed by atoms with E-state index < -0.39 is 0 Å². The van der Waals surface area contributed by atoms with E-state index in [2.05, 4.69) is 10.3 Å². The number of carbonyl (C=O) groups excluding carboxylic acids is 1. The molecule has 1 unspecified atom stereocenters. The summed E-state index contributed by atoms with van der Waals surface area (Å²) in [6, 6.07) is 17.3. The first-order valence-electron chi connectivity index (χ1n) is 8.10. The molecule has 0 saturated heterocycles. The van der Waals surface area contributed by atoms with Crippen LogP contribution in [0.15, 0.2) is 65.2 Å². The van der Waals surface area contributed by atoms with Crippen LogP contribution in [0.1, 0.15) is 30.6 Å². The van der Waals surface area contributed by atoms with E-state index in [1.54, 1.807) is 12.3 Å². The van der Waals surface area contributed by atoms with Gasteiger partial charge in [0.05, 0.1) is 11.8 Å². The van der Waals surface area contributed by atoms with Crippen LogP contribution in [0.3, 0.4) is 0 Å². The molecule has 1 amide bonds. The highest BCUT2D eigenvalue weighted by Crippen LogP contribution is 2.28. The Balaban J connectivity index is 1.93. The van der Waals surface area contributed by atoms with Crippen LogP contribution in [0.2, 0.25) is 0 Å². The lowest BCUT2D eigenvalue weighted by atomic mass is 10.1. The first-order chi connectivity index (χ1) is 11.7. The molecule has 1 atom stereocenters. The van der Waals surface area contributed by atoms with E-state index in [4.69, 9.17) is 4.42 Å². The number of aromatic nitrogens is 1. The minimum Gasteiger partial charge on any atom is -0.436 e. The van der Waals surface area contributed by atoms with Crippen molar-refractivity contribution < 1.29 is 9.21 Å². The number of carbonyl (C=O) groups is 1. The van der Waals surface area contributed by atoms with Gasteiger partial charge in [-0.3, -0.25) is 4.79 Å². The van der Waals surface area contributed by atoms with E-state index in [1.807, 2.05) is 62.4 Å². The molecule has 0 spiro atoms. The van der Waals surface area contributed by atoms with Crippen molar-refractivity contribution in [3.05, 3.63) is 66.4 Å². The highest BCUT2D eigenvalue weighted by Gasteiger charge is 2.17. The fourth-order valence-electron chi connectivity index (χ4n) is 2.41. The smallest absolute Gasteiger partial charge is 0.252 e. The van der Waals surface area contributed by atoms with Crippen LogP contribution in [-0.2, 0) is 0 Å². The first-order valence-corrected chi connectivity index (χ1v) is 8.10. The van der Waals surface area contributed by atoms with Crippen LogP contribution < -0.4 is 5.32 Å². The Morgan fingerprint density at radius 1 is 1.12 bits per heavy atom. The molecule has 2 aromatic carbocycles. The number of hydrogen-bond acceptors (Lipinski definition) is 3. The summed E-state index contributed by atoms with van der Waals surface area (Å²) in [6.07, 6.45) is 2.57. The Hall–Kier alpha value is -2.88. The Morgan fingerprint density at radius 3 is 2.58 bits per heavy atom. The second-order valence-electron chi connectivity index (χ2n) is 5.72. The van der Waals surface area contributed by atoms with E-state index in [9.17, 15) is 4.79 Å². The van der Waals surface area contributed by atoms with Crippen LogP contribution in [-0.4, -0.2) is 16.9 Å². The van der Waals surface area contributed by atoms with Gasteiger partial charge in [0.25, 0.3) is 5.91 Å². The van der Waals surface area contributed by atoms with Gasteiger partial charge >= 0.3 is 0 Å². The fourth-order valence-corrected chi connectivity index (χ4v) is 2.41. The third-order valence-electron chi connectivity index (χ3n) is 3.96. The standard InChI is InChI=1S/C20H20N2O2/c1-3-14(2)22-19(23)16-11-7-8-12-17(16)20-21-13-18(24-20)15-9-5-4-6-10-15/h4-14H,3H2,1-2H3,(H,22,23). The van der Waals surface area contributed by atoms with Crippen molar-refractivity contribution in [3.63, 3.8) is 0 Å². The average Bonchev–Trinajstić information content (AvgIpc) is 3.12. The number of amides is 1. The second-order valence-corrected chi connectivity index (χ2v) is 5.72. The lowest BCUT2D eigenvalue weighted by Gasteiger charge is -2.12. The molecule has 122 valence electrons. The van der Waals surface area contributed by atoms with Crippen molar-refractivity contribution in [1.82, 2.24) is 10.3 Å². The average molecular weight is 320 g/mol. The maximum Gasteiger partial charge on any atom is 0.252 e. The summed E-state index contributed by atoms with van der Waals surface area (Å²) in [6.45, 7) is 4.02. The number of nitrogens with zero attached hydrogens (tertiary/aromatic N) is 1. The quantitative estimate of drug-likeness (QED) is 0.751. The molecule has 1 aromatic heterocycles. The van der Waals surface area contributed by atoms with Crippen molar-refractivity contribution in [3.8, 4) is 22.8 Å². The summed E-state index contributed by atoms with van der Waals surface area (Å²) < 4.78 is 5.89. The highest BCUT2D eigenvalue weighted by molar-refractivity contribution is 6.00. The van der Waals surface area contributed by atoms with Crippen LogP contribution in [0.5, 0.6) is 0 Å². The van der Waals surface area contributed by atoms with E-state index in [1.165, 1.54) is 0 Å². The minimum atomic E-state index is -0.112. The number of hydrogen-bond donors (Lipinski definition) is 1. The molecule has 0 saturated carbocycles. The van der Waals surface area contributed by atoms with Gasteiger partial charge in [-0.15, -0.1) is 0 Å². The van der Waals surface area contributed by atoms with Gasteiger partial charge in [-0.05, 0) is 25.5 Å². The van der Waals surface area contributed by atoms with Crippen molar-refractivity contribution >= 4 is 5.91 Å². The van der Waals surface area contributed by atoms with E-state index in [0.717, 1.165) is 12.0 Å². The third-order valence-corrected chi connectivity index (χ3v) is 3.96. The maximum absolute atomic E-state index is 12.5. The molecule has 0 radical (unpaired) electrons. The molecule has 1 heterocycles. The summed E-state index contributed by atoms with van der Waals surface area (Å²) >= 11 is 0. The number of oxazole rings is 1. The van der Waals surface area contributed by atoms with Crippen LogP contribution in [0.25, 0.3) is 22.8 Å². The maximum atomic E-state index is 12.5. The van der Waals surface area contributed by atoms with Gasteiger partial charge < -0.3 is 9.73 Å². The number of benzene rings is 2. The predicted octanol–water partition coefficient (Wildman–Crippen LogP) is 4.54. The largest absolute Gasteiger partial charge is 0.436 e. The SMILES string of the molecule is CCC(C)NC(=O)c1ccccc1-c1ncc(-c2ccccc2)o1. The molecule has 0 aliphatic carbocycles. The number of nitrogens with one attached hydrogen (secondary N) is 1. The molecule has 0 bridgehead atoms. The Labute approximate surface area is 141 Å². The van der Waals surface area contributed by atoms with E-state index >= 15 is 0 Å². The zero-order chi connectivity index (χ0) is 16.9. The van der Waals surface area contributed by atoms with Gasteiger partial charge in [-0.1, -0.05) is 49.4 Å². The van der Waals surface area contributed by atoms with Crippen LogP contribution in [0, 0.1) is 0 Å². The Morgan fingerprint density at radius 2 is 1.83 bits per heavy atom. The van der Waals surface area contributed by atoms with Crippen LogP contribution in [0.4, 0.5) is 0 Å². The second kappa shape index (κ2) is 7.13. The molecule has 1 N–H and O–H groups in total. The predicted molar refractivity (Wildman–Crippen MR) is 94.6 cm³/mol. The first kappa shape index (κ1) is 16.0. The lowest BCUT2D eigenvalue weighted by molar-refractivity contribution is 0.0939. The van der Waals surface area contributed by atoms with Crippen molar-refractivity contribution in [2.45, 2.75) is 26.3 Å². The summed E-state index contributed by atoms with van der Waals surface area (Å²) in [5.41, 5.74) is 2.22. The van der Waals surface area contributed by atoms with E-state index in [-0.39, 0.29) is 11.9 Å². The molecule has 4 nitrogen and oxygen atoms in total. The molecule has 0 fully saturated rings. The van der Waals surface area contributed by atoms with Crippen molar-refractivity contribution in [2.24, 2.45) is 0 Å². The molecule has 4 heteroatoms. The molecular formula is C20H20N2O2. The highest BCUT2D eigenvalue weighted by atomic mass is 16.4. The van der Waals surface area contributed by atoms with E-state index in [0.29, 0.717) is 22.8 Å². The summed E-state index contributed by atoms with van der Waals surface area (Å²) in [5, 5.41) is 2.99. The molecule has 24 heavy (non-hydrogen) atoms. The lowest BCUT2D eigenvalue weighted by Crippen LogP contribution is -2.32.